The molecule has 5 heteroatoms. The molecule has 0 amide bonds. The van der Waals surface area contributed by atoms with Gasteiger partial charge in [0.1, 0.15) is 0 Å². The number of anilines is 1. The minimum absolute atomic E-state index is 0.247. The van der Waals surface area contributed by atoms with Crippen molar-refractivity contribution in [2.75, 3.05) is 10.8 Å². The second-order valence-electron chi connectivity index (χ2n) is 8.20. The molecule has 2 heterocycles. The number of hydrogen-bond acceptors (Lipinski definition) is 3. The molecule has 1 aliphatic rings. The van der Waals surface area contributed by atoms with E-state index >= 15 is 0 Å². The minimum atomic E-state index is -3.60. The average Bonchev–Trinajstić information content (AvgIpc) is 3.25. The summed E-state index contributed by atoms with van der Waals surface area (Å²) < 4.78 is 28.5. The highest BCUT2D eigenvalue weighted by Gasteiger charge is 2.44. The van der Waals surface area contributed by atoms with Gasteiger partial charge in [-0.15, -0.1) is 11.3 Å². The fraction of sp³-hybridized carbons (Fsp3) is 0.333. The van der Waals surface area contributed by atoms with Gasteiger partial charge in [-0.2, -0.15) is 0 Å². The van der Waals surface area contributed by atoms with Gasteiger partial charge in [-0.1, -0.05) is 56.2 Å². The van der Waals surface area contributed by atoms with Crippen LogP contribution in [0.1, 0.15) is 41.1 Å². The highest BCUT2D eigenvalue weighted by molar-refractivity contribution is 7.92. The molecule has 3 nitrogen and oxygen atoms in total. The Morgan fingerprint density at radius 2 is 1.69 bits per heavy atom. The highest BCUT2D eigenvalue weighted by Crippen LogP contribution is 2.45. The van der Waals surface area contributed by atoms with Gasteiger partial charge in [-0.25, -0.2) is 8.42 Å². The molecule has 0 saturated carbocycles. The van der Waals surface area contributed by atoms with Crippen molar-refractivity contribution in [2.24, 2.45) is 0 Å². The summed E-state index contributed by atoms with van der Waals surface area (Å²) in [4.78, 5) is 3.07. The number of nitrogens with zero attached hydrogens (tertiary/aromatic N) is 1. The van der Waals surface area contributed by atoms with E-state index in [0.717, 1.165) is 36.1 Å². The Labute approximate surface area is 178 Å². The lowest BCUT2D eigenvalue weighted by Gasteiger charge is -2.26. The number of rotatable bonds is 6. The Kier molecular flexibility index (Phi) is 5.30. The zero-order chi connectivity index (χ0) is 20.6. The van der Waals surface area contributed by atoms with Crippen molar-refractivity contribution in [3.05, 3.63) is 81.5 Å². The van der Waals surface area contributed by atoms with Crippen LogP contribution in [0.3, 0.4) is 0 Å². The first-order valence-electron chi connectivity index (χ1n) is 10.1. The smallest absolute Gasteiger partial charge is 0.264 e. The van der Waals surface area contributed by atoms with Gasteiger partial charge in [0, 0.05) is 21.7 Å². The number of aryl methyl sites for hydroxylation is 2. The molecule has 1 aliphatic heterocycles. The predicted octanol–water partition coefficient (Wildman–Crippen LogP) is 5.72. The average molecular weight is 426 g/mol. The lowest BCUT2D eigenvalue weighted by Crippen LogP contribution is -2.36. The quantitative estimate of drug-likeness (QED) is 0.507. The molecule has 0 fully saturated rings. The Balaban J connectivity index is 1.70. The molecule has 0 N–H and O–H groups in total. The molecular weight excluding hydrogens is 398 g/mol. The number of fused-ring (bicyclic) bond motifs is 1. The fourth-order valence-corrected chi connectivity index (χ4v) is 7.09. The summed E-state index contributed by atoms with van der Waals surface area (Å²) in [5, 5.41) is 0. The van der Waals surface area contributed by atoms with Gasteiger partial charge < -0.3 is 0 Å². The SMILES string of the molecule is CCCc1ccc(CC2(C)CN(S(=O)(=O)c3ccc(C)cc3)c3ccccc32)s1. The number of hydrogen-bond donors (Lipinski definition) is 0. The largest absolute Gasteiger partial charge is 0.265 e. The molecule has 0 saturated heterocycles. The van der Waals surface area contributed by atoms with Crippen LogP contribution in [-0.4, -0.2) is 15.0 Å². The van der Waals surface area contributed by atoms with Crippen LogP contribution in [0, 0.1) is 6.92 Å². The van der Waals surface area contributed by atoms with E-state index in [0.29, 0.717) is 11.4 Å². The van der Waals surface area contributed by atoms with E-state index in [1.54, 1.807) is 16.4 Å². The molecule has 4 rings (SSSR count). The van der Waals surface area contributed by atoms with E-state index in [9.17, 15) is 8.42 Å². The fourth-order valence-electron chi connectivity index (χ4n) is 4.17. The maximum absolute atomic E-state index is 13.5. The molecule has 0 radical (unpaired) electrons. The van der Waals surface area contributed by atoms with Crippen molar-refractivity contribution in [3.63, 3.8) is 0 Å². The number of para-hydroxylation sites is 1. The van der Waals surface area contributed by atoms with Crippen molar-refractivity contribution < 1.29 is 8.42 Å². The summed E-state index contributed by atoms with van der Waals surface area (Å²) in [5.74, 6) is 0. The van der Waals surface area contributed by atoms with E-state index < -0.39 is 10.0 Å². The minimum Gasteiger partial charge on any atom is -0.265 e. The van der Waals surface area contributed by atoms with Gasteiger partial charge in [0.25, 0.3) is 10.0 Å². The Morgan fingerprint density at radius 1 is 1.00 bits per heavy atom. The first kappa shape index (κ1) is 20.2. The van der Waals surface area contributed by atoms with Crippen LogP contribution in [-0.2, 0) is 28.3 Å². The van der Waals surface area contributed by atoms with Gasteiger partial charge in [-0.05, 0) is 55.7 Å². The van der Waals surface area contributed by atoms with Crippen molar-refractivity contribution >= 4 is 27.0 Å². The van der Waals surface area contributed by atoms with Crippen molar-refractivity contribution in [1.29, 1.82) is 0 Å². The summed E-state index contributed by atoms with van der Waals surface area (Å²) in [5.41, 5.74) is 2.72. The predicted molar refractivity (Wildman–Crippen MR) is 122 cm³/mol. The molecule has 1 aromatic heterocycles. The van der Waals surface area contributed by atoms with Crippen LogP contribution in [0.2, 0.25) is 0 Å². The van der Waals surface area contributed by atoms with Crippen LogP contribution >= 0.6 is 11.3 Å². The third-order valence-corrected chi connectivity index (χ3v) is 8.62. The topological polar surface area (TPSA) is 37.4 Å². The molecule has 3 aromatic rings. The molecule has 0 aliphatic carbocycles. The maximum Gasteiger partial charge on any atom is 0.264 e. The lowest BCUT2D eigenvalue weighted by atomic mass is 9.81. The second kappa shape index (κ2) is 7.62. The third kappa shape index (κ3) is 3.74. The second-order valence-corrected chi connectivity index (χ2v) is 11.3. The van der Waals surface area contributed by atoms with E-state index in [4.69, 9.17) is 0 Å². The van der Waals surface area contributed by atoms with Crippen molar-refractivity contribution in [1.82, 2.24) is 0 Å². The highest BCUT2D eigenvalue weighted by atomic mass is 32.2. The Bertz CT molecular complexity index is 1120. The maximum atomic E-state index is 13.5. The molecule has 0 spiro atoms. The molecule has 29 heavy (non-hydrogen) atoms. The summed E-state index contributed by atoms with van der Waals surface area (Å²) in [7, 11) is -3.60. The first-order chi connectivity index (χ1) is 13.8. The summed E-state index contributed by atoms with van der Waals surface area (Å²) in [6, 6.07) is 19.5. The van der Waals surface area contributed by atoms with Crippen LogP contribution in [0.25, 0.3) is 0 Å². The van der Waals surface area contributed by atoms with Crippen LogP contribution < -0.4 is 4.31 Å². The van der Waals surface area contributed by atoms with Gasteiger partial charge in [0.05, 0.1) is 10.6 Å². The zero-order valence-corrected chi connectivity index (χ0v) is 18.8. The Hall–Kier alpha value is -2.11. The van der Waals surface area contributed by atoms with Gasteiger partial charge >= 0.3 is 0 Å². The zero-order valence-electron chi connectivity index (χ0n) is 17.2. The third-order valence-electron chi connectivity index (χ3n) is 5.70. The van der Waals surface area contributed by atoms with Gasteiger partial charge in [0.2, 0.25) is 0 Å². The Morgan fingerprint density at radius 3 is 2.41 bits per heavy atom. The monoisotopic (exact) mass is 425 g/mol. The molecule has 152 valence electrons. The molecule has 2 aromatic carbocycles. The number of sulfonamides is 1. The molecule has 0 bridgehead atoms. The van der Waals surface area contributed by atoms with Crippen LogP contribution in [0.5, 0.6) is 0 Å². The summed E-state index contributed by atoms with van der Waals surface area (Å²) in [6.07, 6.45) is 3.09. The van der Waals surface area contributed by atoms with Gasteiger partial charge in [0.15, 0.2) is 0 Å². The molecule has 1 atom stereocenters. The summed E-state index contributed by atoms with van der Waals surface area (Å²) >= 11 is 1.86. The van der Waals surface area contributed by atoms with Crippen molar-refractivity contribution in [3.8, 4) is 0 Å². The number of thiophene rings is 1. The molecular formula is C24H27NO2S2. The van der Waals surface area contributed by atoms with E-state index in [-0.39, 0.29) is 5.41 Å². The van der Waals surface area contributed by atoms with E-state index in [1.807, 2.05) is 48.6 Å². The van der Waals surface area contributed by atoms with Crippen LogP contribution in [0.4, 0.5) is 5.69 Å². The first-order valence-corrected chi connectivity index (χ1v) is 12.4. The number of benzene rings is 2. The van der Waals surface area contributed by atoms with Crippen LogP contribution in [0.15, 0.2) is 65.6 Å². The normalized spacial score (nSPS) is 18.8. The molecule has 1 unspecified atom stereocenters. The van der Waals surface area contributed by atoms with E-state index in [2.05, 4.69) is 32.0 Å². The van der Waals surface area contributed by atoms with Crippen molar-refractivity contribution in [2.45, 2.75) is 50.3 Å². The summed E-state index contributed by atoms with van der Waals surface area (Å²) in [6.45, 7) is 6.81. The van der Waals surface area contributed by atoms with E-state index in [1.165, 1.54) is 9.75 Å². The standard InChI is InChI=1S/C24H27NO2S2/c1-4-7-19-12-13-20(28-19)16-24(3)17-25(23-9-6-5-8-22(23)24)29(26,27)21-14-10-18(2)11-15-21/h5-6,8-15H,4,7,16-17H2,1-3H3. The lowest BCUT2D eigenvalue weighted by molar-refractivity contribution is 0.508. The van der Waals surface area contributed by atoms with Gasteiger partial charge in [-0.3, -0.25) is 4.31 Å².